The molecule has 0 amide bonds. The van der Waals surface area contributed by atoms with Crippen molar-refractivity contribution in [2.45, 2.75) is 0 Å². The number of benzene rings is 1. The Morgan fingerprint density at radius 2 is 2.06 bits per heavy atom. The van der Waals surface area contributed by atoms with Crippen LogP contribution in [0.15, 0.2) is 41.0 Å². The molecular weight excluding hydrogens is 291 g/mol. The fraction of sp³-hybridized carbons (Fsp3) is 0. The minimum Gasteiger partial charge on any atom is -0.438 e. The van der Waals surface area contributed by atoms with Gasteiger partial charge < -0.3 is 10.5 Å². The van der Waals surface area contributed by atoms with Gasteiger partial charge in [0.05, 0.1) is 9.50 Å². The first-order chi connectivity index (χ1) is 7.66. The van der Waals surface area contributed by atoms with Crippen molar-refractivity contribution < 1.29 is 4.74 Å². The summed E-state index contributed by atoms with van der Waals surface area (Å²) in [6.07, 6.45) is 1.52. The van der Waals surface area contributed by atoms with E-state index in [1.807, 2.05) is 6.07 Å². The zero-order valence-corrected chi connectivity index (χ0v) is 10.5. The predicted molar refractivity (Wildman–Crippen MR) is 67.9 cm³/mol. The van der Waals surface area contributed by atoms with Gasteiger partial charge in [-0.1, -0.05) is 17.7 Å². The summed E-state index contributed by atoms with van der Waals surface area (Å²) in [7, 11) is 0. The van der Waals surface area contributed by atoms with Crippen LogP contribution in [0.1, 0.15) is 0 Å². The van der Waals surface area contributed by atoms with Crippen molar-refractivity contribution in [1.82, 2.24) is 4.98 Å². The second-order valence-corrected chi connectivity index (χ2v) is 4.31. The molecule has 0 atom stereocenters. The van der Waals surface area contributed by atoms with Gasteiger partial charge in [0.1, 0.15) is 5.75 Å². The Labute approximate surface area is 106 Å². The number of ether oxygens (including phenoxy) is 1. The molecule has 82 valence electrons. The highest BCUT2D eigenvalue weighted by atomic mass is 79.9. The number of aromatic nitrogens is 1. The molecule has 0 saturated heterocycles. The lowest BCUT2D eigenvalue weighted by atomic mass is 10.3. The maximum atomic E-state index is 5.73. The average Bonchev–Trinajstić information content (AvgIpc) is 2.28. The summed E-state index contributed by atoms with van der Waals surface area (Å²) in [5, 5.41) is 0.569. The molecule has 0 fully saturated rings. The highest BCUT2D eigenvalue weighted by molar-refractivity contribution is 9.10. The first-order valence-electron chi connectivity index (χ1n) is 4.50. The lowest BCUT2D eigenvalue weighted by Gasteiger charge is -2.07. The van der Waals surface area contributed by atoms with Crippen molar-refractivity contribution in [2.24, 2.45) is 0 Å². The molecule has 0 radical (unpaired) electrons. The minimum absolute atomic E-state index is 0.468. The van der Waals surface area contributed by atoms with Crippen LogP contribution in [0.5, 0.6) is 11.6 Å². The van der Waals surface area contributed by atoms with Crippen LogP contribution in [0.2, 0.25) is 5.02 Å². The van der Waals surface area contributed by atoms with Gasteiger partial charge in [0.2, 0.25) is 5.88 Å². The smallest absolute Gasteiger partial charge is 0.219 e. The van der Waals surface area contributed by atoms with E-state index in [1.165, 1.54) is 6.20 Å². The van der Waals surface area contributed by atoms with E-state index in [2.05, 4.69) is 20.9 Å². The fourth-order valence-electron chi connectivity index (χ4n) is 1.14. The zero-order chi connectivity index (χ0) is 11.5. The maximum absolute atomic E-state index is 5.73. The molecule has 16 heavy (non-hydrogen) atoms. The predicted octanol–water partition coefficient (Wildman–Crippen LogP) is 3.87. The molecule has 0 aliphatic rings. The summed E-state index contributed by atoms with van der Waals surface area (Å²) >= 11 is 9.07. The third-order valence-corrected chi connectivity index (χ3v) is 2.98. The summed E-state index contributed by atoms with van der Waals surface area (Å²) < 4.78 is 6.26. The largest absolute Gasteiger partial charge is 0.438 e. The lowest BCUT2D eigenvalue weighted by Crippen LogP contribution is -1.91. The zero-order valence-electron chi connectivity index (χ0n) is 8.15. The van der Waals surface area contributed by atoms with Crippen LogP contribution in [0.3, 0.4) is 0 Å². The molecule has 0 spiro atoms. The van der Waals surface area contributed by atoms with Crippen LogP contribution in [-0.4, -0.2) is 4.98 Å². The van der Waals surface area contributed by atoms with Gasteiger partial charge >= 0.3 is 0 Å². The van der Waals surface area contributed by atoms with Gasteiger partial charge in [-0.05, 0) is 34.1 Å². The third kappa shape index (κ3) is 2.46. The van der Waals surface area contributed by atoms with Gasteiger partial charge in [-0.25, -0.2) is 4.98 Å². The van der Waals surface area contributed by atoms with Crippen molar-refractivity contribution >= 4 is 33.2 Å². The van der Waals surface area contributed by atoms with Crippen molar-refractivity contribution in [1.29, 1.82) is 0 Å². The Morgan fingerprint density at radius 1 is 1.25 bits per heavy atom. The molecule has 2 aromatic rings. The SMILES string of the molecule is Nc1cccc(Oc2ccc(Cl)cn2)c1Br. The van der Waals surface area contributed by atoms with Gasteiger partial charge in [-0.3, -0.25) is 0 Å². The molecular formula is C11H8BrClN2O. The van der Waals surface area contributed by atoms with Crippen molar-refractivity contribution in [2.75, 3.05) is 5.73 Å². The first kappa shape index (κ1) is 11.2. The summed E-state index contributed by atoms with van der Waals surface area (Å²) in [6, 6.07) is 8.80. The van der Waals surface area contributed by atoms with E-state index in [4.69, 9.17) is 22.1 Å². The highest BCUT2D eigenvalue weighted by Crippen LogP contribution is 2.33. The van der Waals surface area contributed by atoms with E-state index < -0.39 is 0 Å². The number of anilines is 1. The van der Waals surface area contributed by atoms with E-state index in [1.54, 1.807) is 24.3 Å². The van der Waals surface area contributed by atoms with E-state index in [-0.39, 0.29) is 0 Å². The summed E-state index contributed by atoms with van der Waals surface area (Å²) in [4.78, 5) is 4.03. The molecule has 1 heterocycles. The number of halogens is 2. The second-order valence-electron chi connectivity index (χ2n) is 3.08. The molecule has 2 rings (SSSR count). The maximum Gasteiger partial charge on any atom is 0.219 e. The summed E-state index contributed by atoms with van der Waals surface area (Å²) in [6.45, 7) is 0. The molecule has 5 heteroatoms. The number of pyridine rings is 1. The minimum atomic E-state index is 0.468. The standard InChI is InChI=1S/C11H8BrClN2O/c12-11-8(14)2-1-3-9(11)16-10-5-4-7(13)6-15-10/h1-6H,14H2. The molecule has 2 N–H and O–H groups in total. The molecule has 3 nitrogen and oxygen atoms in total. The number of hydrogen-bond donors (Lipinski definition) is 1. The van der Waals surface area contributed by atoms with Gasteiger partial charge in [-0.2, -0.15) is 0 Å². The monoisotopic (exact) mass is 298 g/mol. The lowest BCUT2D eigenvalue weighted by molar-refractivity contribution is 0.460. The van der Waals surface area contributed by atoms with Crippen molar-refractivity contribution in [3.8, 4) is 11.6 Å². The second kappa shape index (κ2) is 4.72. The third-order valence-electron chi connectivity index (χ3n) is 1.91. The molecule has 0 unspecified atom stereocenters. The molecule has 0 aliphatic carbocycles. The summed E-state index contributed by atoms with van der Waals surface area (Å²) in [5.74, 6) is 1.09. The number of rotatable bonds is 2. The van der Waals surface area contributed by atoms with E-state index in [0.29, 0.717) is 26.8 Å². The number of nitrogens with two attached hydrogens (primary N) is 1. The van der Waals surface area contributed by atoms with E-state index >= 15 is 0 Å². The van der Waals surface area contributed by atoms with Crippen LogP contribution in [0.4, 0.5) is 5.69 Å². The van der Waals surface area contributed by atoms with Crippen LogP contribution in [0, 0.1) is 0 Å². The first-order valence-corrected chi connectivity index (χ1v) is 5.67. The van der Waals surface area contributed by atoms with Crippen LogP contribution < -0.4 is 10.5 Å². The van der Waals surface area contributed by atoms with Gasteiger partial charge in [-0.15, -0.1) is 0 Å². The molecule has 0 bridgehead atoms. The Bertz CT molecular complexity index is 502. The summed E-state index contributed by atoms with van der Waals surface area (Å²) in [5.41, 5.74) is 6.35. The number of nitrogen functional groups attached to an aromatic ring is 1. The van der Waals surface area contributed by atoms with E-state index in [0.717, 1.165) is 0 Å². The Hall–Kier alpha value is -1.26. The number of nitrogens with zero attached hydrogens (tertiary/aromatic N) is 1. The number of hydrogen-bond acceptors (Lipinski definition) is 3. The molecule has 1 aromatic heterocycles. The van der Waals surface area contributed by atoms with Crippen molar-refractivity contribution in [3.63, 3.8) is 0 Å². The Kier molecular flexibility index (Phi) is 3.31. The molecule has 0 saturated carbocycles. The molecule has 1 aromatic carbocycles. The van der Waals surface area contributed by atoms with Gasteiger partial charge in [0.15, 0.2) is 0 Å². The highest BCUT2D eigenvalue weighted by Gasteiger charge is 2.05. The fourth-order valence-corrected chi connectivity index (χ4v) is 1.60. The van der Waals surface area contributed by atoms with E-state index in [9.17, 15) is 0 Å². The Balaban J connectivity index is 2.27. The Morgan fingerprint density at radius 3 is 2.75 bits per heavy atom. The van der Waals surface area contributed by atoms with Crippen LogP contribution in [0.25, 0.3) is 0 Å². The topological polar surface area (TPSA) is 48.1 Å². The van der Waals surface area contributed by atoms with Gasteiger partial charge in [0.25, 0.3) is 0 Å². The quantitative estimate of drug-likeness (QED) is 0.856. The van der Waals surface area contributed by atoms with Gasteiger partial charge in [0, 0.05) is 18.0 Å². The van der Waals surface area contributed by atoms with Crippen LogP contribution >= 0.6 is 27.5 Å². The van der Waals surface area contributed by atoms with Crippen molar-refractivity contribution in [3.05, 3.63) is 46.0 Å². The normalized spacial score (nSPS) is 10.1. The molecule has 0 aliphatic heterocycles. The average molecular weight is 300 g/mol. The van der Waals surface area contributed by atoms with Crippen LogP contribution in [-0.2, 0) is 0 Å².